The predicted octanol–water partition coefficient (Wildman–Crippen LogP) is 5.90. The molecule has 188 valence electrons. The van der Waals surface area contributed by atoms with Crippen LogP contribution in [0.3, 0.4) is 0 Å². The van der Waals surface area contributed by atoms with Gasteiger partial charge in [0.2, 0.25) is 0 Å². The fourth-order valence-corrected chi connectivity index (χ4v) is 9.16. The Labute approximate surface area is 230 Å². The maximum absolute atomic E-state index is 5.90. The van der Waals surface area contributed by atoms with E-state index in [1.807, 2.05) is 11.3 Å². The molecular weight excluding hydrogens is 545 g/mol. The predicted molar refractivity (Wildman–Crippen MR) is 163 cm³/mol. The Balaban J connectivity index is 1.82. The van der Waals surface area contributed by atoms with Crippen molar-refractivity contribution in [1.82, 2.24) is 9.48 Å². The van der Waals surface area contributed by atoms with Crippen molar-refractivity contribution in [3.8, 4) is 20.4 Å². The number of fused-ring (bicyclic) bond motifs is 3. The molecule has 3 aliphatic rings. The zero-order valence-corrected chi connectivity index (χ0v) is 25.8. The SMILES string of the molecule is CCN(CC)C(=S)c1ccc(-c2c3ccc(=[N+](C)C)cc-3[se]c3cc4c(cc23)C(C)(C)CCN4C)s1. The first-order valence-corrected chi connectivity index (χ1v) is 15.7. The number of thiophene rings is 1. The quantitative estimate of drug-likeness (QED) is 0.129. The number of thiocarbonyl (C=S) groups is 1. The molecular formula is C30H36N3S2Se+. The molecule has 0 saturated heterocycles. The fraction of sp³-hybridized carbons (Fsp3) is 0.400. The minimum atomic E-state index is 0.176. The molecule has 3 nitrogen and oxygen atoms in total. The van der Waals surface area contributed by atoms with E-state index < -0.39 is 0 Å². The van der Waals surface area contributed by atoms with Crippen molar-refractivity contribution in [3.63, 3.8) is 0 Å². The van der Waals surface area contributed by atoms with Crippen molar-refractivity contribution in [2.75, 3.05) is 45.7 Å². The average Bonchev–Trinajstić information content (AvgIpc) is 3.34. The van der Waals surface area contributed by atoms with Crippen LogP contribution in [0.1, 0.15) is 44.6 Å². The maximum atomic E-state index is 5.90. The molecule has 3 heterocycles. The monoisotopic (exact) mass is 582 g/mol. The molecule has 0 bridgehead atoms. The van der Waals surface area contributed by atoms with Gasteiger partial charge in [-0.05, 0) is 0 Å². The Morgan fingerprint density at radius 3 is 2.56 bits per heavy atom. The second-order valence-electron chi connectivity index (χ2n) is 10.6. The molecule has 5 rings (SSSR count). The topological polar surface area (TPSA) is 9.49 Å². The third-order valence-corrected chi connectivity index (χ3v) is 11.7. The van der Waals surface area contributed by atoms with E-state index in [-0.39, 0.29) is 19.9 Å². The average molecular weight is 582 g/mol. The van der Waals surface area contributed by atoms with Gasteiger partial charge in [-0.1, -0.05) is 0 Å². The molecule has 6 heteroatoms. The molecule has 0 unspecified atom stereocenters. The van der Waals surface area contributed by atoms with E-state index >= 15 is 0 Å². The summed E-state index contributed by atoms with van der Waals surface area (Å²) in [5.41, 5.74) is 5.83. The standard InChI is InChI=1S/C30H36N3S2Se/c1-8-33(9-2)29(34)25-13-12-24(35-25)28-20-11-10-19(31(5)6)16-26(20)36-27-18-23-22(17-21(27)28)30(3,4)14-15-32(23)7/h10-13,16-18H,8-9,14-15H2,1-7H3/q+1. The van der Waals surface area contributed by atoms with Crippen LogP contribution in [0, 0.1) is 0 Å². The Morgan fingerprint density at radius 2 is 1.86 bits per heavy atom. The second kappa shape index (κ2) is 9.72. The van der Waals surface area contributed by atoms with Crippen molar-refractivity contribution in [3.05, 3.63) is 58.3 Å². The van der Waals surface area contributed by atoms with Gasteiger partial charge in [-0.25, -0.2) is 0 Å². The van der Waals surface area contributed by atoms with Crippen LogP contribution in [0.25, 0.3) is 30.1 Å². The summed E-state index contributed by atoms with van der Waals surface area (Å²) in [6.45, 7) is 12.2. The summed E-state index contributed by atoms with van der Waals surface area (Å²) in [6.07, 6.45) is 1.18. The van der Waals surface area contributed by atoms with E-state index in [4.69, 9.17) is 12.2 Å². The number of hydrogen-bond donors (Lipinski definition) is 0. The van der Waals surface area contributed by atoms with E-state index in [0.717, 1.165) is 24.6 Å². The van der Waals surface area contributed by atoms with Crippen LogP contribution in [0.15, 0.2) is 42.5 Å². The van der Waals surface area contributed by atoms with Gasteiger partial charge in [-0.3, -0.25) is 0 Å². The zero-order valence-electron chi connectivity index (χ0n) is 22.4. The van der Waals surface area contributed by atoms with E-state index in [1.165, 1.54) is 58.0 Å². The van der Waals surface area contributed by atoms with Gasteiger partial charge < -0.3 is 0 Å². The van der Waals surface area contributed by atoms with Crippen molar-refractivity contribution in [2.24, 2.45) is 0 Å². The van der Waals surface area contributed by atoms with Crippen molar-refractivity contribution in [1.29, 1.82) is 0 Å². The second-order valence-corrected chi connectivity index (χ2v) is 14.4. The van der Waals surface area contributed by atoms with Gasteiger partial charge in [0.15, 0.2) is 0 Å². The molecule has 1 aliphatic carbocycles. The Kier molecular flexibility index (Phi) is 6.93. The first-order chi connectivity index (χ1) is 17.1. The molecule has 0 N–H and O–H groups in total. The van der Waals surface area contributed by atoms with Crippen LogP contribution in [0.5, 0.6) is 0 Å². The zero-order chi connectivity index (χ0) is 25.8. The van der Waals surface area contributed by atoms with E-state index in [9.17, 15) is 0 Å². The van der Waals surface area contributed by atoms with Crippen LogP contribution in [0.4, 0.5) is 5.69 Å². The van der Waals surface area contributed by atoms with Gasteiger partial charge in [-0.2, -0.15) is 0 Å². The van der Waals surface area contributed by atoms with Crippen LogP contribution in [-0.4, -0.2) is 65.2 Å². The summed E-state index contributed by atoms with van der Waals surface area (Å²) in [7, 11) is 6.51. The Bertz CT molecular complexity index is 1500. The molecule has 1 aromatic heterocycles. The van der Waals surface area contributed by atoms with Crippen molar-refractivity contribution >= 4 is 58.4 Å². The molecule has 2 aliphatic heterocycles. The third kappa shape index (κ3) is 4.36. The summed E-state index contributed by atoms with van der Waals surface area (Å²) in [6, 6.07) is 16.6. The van der Waals surface area contributed by atoms with Gasteiger partial charge in [0.05, 0.1) is 0 Å². The van der Waals surface area contributed by atoms with E-state index in [2.05, 4.69) is 106 Å². The normalized spacial score (nSPS) is 14.8. The molecule has 2 aromatic rings. The third-order valence-electron chi connectivity index (χ3n) is 7.66. The molecule has 1 aromatic carbocycles. The molecule has 0 amide bonds. The van der Waals surface area contributed by atoms with Crippen LogP contribution in [-0.2, 0) is 5.41 Å². The van der Waals surface area contributed by atoms with Crippen LogP contribution >= 0.6 is 23.6 Å². The van der Waals surface area contributed by atoms with E-state index in [0.29, 0.717) is 0 Å². The molecule has 0 radical (unpaired) electrons. The first kappa shape index (κ1) is 25.7. The molecule has 0 spiro atoms. The minimum absolute atomic E-state index is 0.176. The van der Waals surface area contributed by atoms with Crippen molar-refractivity contribution < 1.29 is 0 Å². The summed E-state index contributed by atoms with van der Waals surface area (Å²) >= 11 is 8.01. The van der Waals surface area contributed by atoms with Gasteiger partial charge in [0.25, 0.3) is 0 Å². The number of benzene rings is 2. The van der Waals surface area contributed by atoms with E-state index in [1.54, 1.807) is 0 Å². The van der Waals surface area contributed by atoms with Crippen LogP contribution < -0.4 is 14.8 Å². The Morgan fingerprint density at radius 1 is 1.11 bits per heavy atom. The van der Waals surface area contributed by atoms with Gasteiger partial charge in [0.1, 0.15) is 0 Å². The number of hydrogen-bond acceptors (Lipinski definition) is 3. The summed E-state index contributed by atoms with van der Waals surface area (Å²) in [4.78, 5) is 8.21. The van der Waals surface area contributed by atoms with Gasteiger partial charge in [-0.15, -0.1) is 0 Å². The summed E-state index contributed by atoms with van der Waals surface area (Å²) in [5.74, 6) is 0. The fourth-order valence-electron chi connectivity index (χ4n) is 5.27. The number of nitrogens with zero attached hydrogens (tertiary/aromatic N) is 3. The van der Waals surface area contributed by atoms with Gasteiger partial charge in [0, 0.05) is 0 Å². The van der Waals surface area contributed by atoms with Gasteiger partial charge >= 0.3 is 232 Å². The Hall–Kier alpha value is -1.98. The van der Waals surface area contributed by atoms with Crippen molar-refractivity contribution in [2.45, 2.75) is 39.5 Å². The first-order valence-electron chi connectivity index (χ1n) is 12.8. The molecule has 36 heavy (non-hydrogen) atoms. The molecule has 0 saturated carbocycles. The number of rotatable bonds is 4. The molecule has 0 atom stereocenters. The summed E-state index contributed by atoms with van der Waals surface area (Å²) < 4.78 is 5.17. The van der Waals surface area contributed by atoms with Crippen LogP contribution in [0.2, 0.25) is 0 Å². The molecule has 0 fully saturated rings. The number of anilines is 1. The summed E-state index contributed by atoms with van der Waals surface area (Å²) in [5, 5.41) is 2.69.